The Hall–Kier alpha value is -3.33. The lowest BCUT2D eigenvalue weighted by Gasteiger charge is -2.26. The molecule has 1 unspecified atom stereocenters. The van der Waals surface area contributed by atoms with Gasteiger partial charge >= 0.3 is 0 Å². The summed E-state index contributed by atoms with van der Waals surface area (Å²) in [7, 11) is 1.76. The Balaban J connectivity index is 1.56. The highest BCUT2D eigenvalue weighted by molar-refractivity contribution is 6.31. The maximum atomic E-state index is 13.4. The average Bonchev–Trinajstić information content (AvgIpc) is 3.42. The number of amides is 1. The van der Waals surface area contributed by atoms with E-state index < -0.39 is 12.5 Å². The molecule has 31 heavy (non-hydrogen) atoms. The molecule has 1 aliphatic rings. The van der Waals surface area contributed by atoms with Crippen LogP contribution < -0.4 is 0 Å². The Morgan fingerprint density at radius 1 is 1.23 bits per heavy atom. The first-order valence-electron chi connectivity index (χ1n) is 9.61. The lowest BCUT2D eigenvalue weighted by Crippen LogP contribution is -2.29. The van der Waals surface area contributed by atoms with Crippen LogP contribution in [0, 0.1) is 0 Å². The molecular formula is C21H17ClF2N6O. The first-order chi connectivity index (χ1) is 14.9. The van der Waals surface area contributed by atoms with Crippen molar-refractivity contribution in [3.05, 3.63) is 75.6 Å². The summed E-state index contributed by atoms with van der Waals surface area (Å²) in [4.78, 5) is 14.9. The second-order valence-electron chi connectivity index (χ2n) is 7.53. The van der Waals surface area contributed by atoms with Gasteiger partial charge in [-0.15, -0.1) is 5.10 Å². The predicted octanol–water partition coefficient (Wildman–Crippen LogP) is 4.22. The third-order valence-corrected chi connectivity index (χ3v) is 6.01. The molecule has 1 N–H and O–H groups in total. The minimum Gasteiger partial charge on any atom is -0.327 e. The third kappa shape index (κ3) is 3.34. The number of nitrogens with one attached hydrogen (secondary N) is 1. The van der Waals surface area contributed by atoms with Crippen molar-refractivity contribution in [1.82, 2.24) is 30.1 Å². The van der Waals surface area contributed by atoms with Crippen LogP contribution in [0.4, 0.5) is 8.78 Å². The highest BCUT2D eigenvalue weighted by Gasteiger charge is 2.38. The molecule has 2 aromatic heterocycles. The summed E-state index contributed by atoms with van der Waals surface area (Å²) < 4.78 is 28.4. The van der Waals surface area contributed by atoms with Crippen molar-refractivity contribution in [2.75, 3.05) is 0 Å². The topological polar surface area (TPSA) is 79.7 Å². The van der Waals surface area contributed by atoms with Gasteiger partial charge in [-0.05, 0) is 35.4 Å². The van der Waals surface area contributed by atoms with Gasteiger partial charge in [-0.25, -0.2) is 8.78 Å². The number of aryl methyl sites for hydroxylation is 1. The van der Waals surface area contributed by atoms with Gasteiger partial charge in [0.1, 0.15) is 5.52 Å². The summed E-state index contributed by atoms with van der Waals surface area (Å²) in [5.41, 5.74) is 3.95. The van der Waals surface area contributed by atoms with Gasteiger partial charge in [-0.2, -0.15) is 5.10 Å². The van der Waals surface area contributed by atoms with Crippen LogP contribution >= 0.6 is 11.6 Å². The SMILES string of the molecule is Cn1ncc(Cl)c1CC1c2cc(C(F)F)ccc2C(=O)N1Cc1ccc2[nH]nnc2c1. The van der Waals surface area contributed by atoms with Crippen molar-refractivity contribution in [2.45, 2.75) is 25.4 Å². The Labute approximate surface area is 180 Å². The molecule has 0 saturated heterocycles. The predicted molar refractivity (Wildman–Crippen MR) is 110 cm³/mol. The fourth-order valence-corrected chi connectivity index (χ4v) is 4.33. The number of aromatic amines is 1. The van der Waals surface area contributed by atoms with Crippen LogP contribution in [0.2, 0.25) is 5.02 Å². The standard InChI is InChI=1S/C21H17ClF2N6O/c1-29-19(15(22)9-25-29)8-18-14-7-12(20(23)24)3-4-13(14)21(31)30(18)10-11-2-5-16-17(6-11)27-28-26-16/h2-7,9,18,20H,8,10H2,1H3,(H,26,27,28). The zero-order valence-corrected chi connectivity index (χ0v) is 17.1. The summed E-state index contributed by atoms with van der Waals surface area (Å²) in [6.07, 6.45) is -0.732. The highest BCUT2D eigenvalue weighted by Crippen LogP contribution is 2.40. The van der Waals surface area contributed by atoms with Gasteiger partial charge in [-0.1, -0.05) is 28.9 Å². The van der Waals surface area contributed by atoms with E-state index in [4.69, 9.17) is 11.6 Å². The Morgan fingerprint density at radius 3 is 2.81 bits per heavy atom. The number of aromatic nitrogens is 5. The molecular weight excluding hydrogens is 426 g/mol. The molecule has 10 heteroatoms. The molecule has 4 aromatic rings. The number of halogens is 3. The quantitative estimate of drug-likeness (QED) is 0.502. The summed E-state index contributed by atoms with van der Waals surface area (Å²) >= 11 is 6.30. The van der Waals surface area contributed by atoms with Crippen molar-refractivity contribution >= 4 is 28.5 Å². The number of carbonyl (C=O) groups excluding carboxylic acids is 1. The van der Waals surface area contributed by atoms with Gasteiger partial charge in [0.15, 0.2) is 0 Å². The Kier molecular flexibility index (Phi) is 4.70. The highest BCUT2D eigenvalue weighted by atomic mass is 35.5. The zero-order valence-electron chi connectivity index (χ0n) is 16.4. The lowest BCUT2D eigenvalue weighted by atomic mass is 9.98. The van der Waals surface area contributed by atoms with Gasteiger partial charge in [0, 0.05) is 31.1 Å². The fourth-order valence-electron chi connectivity index (χ4n) is 4.08. The monoisotopic (exact) mass is 442 g/mol. The molecule has 1 atom stereocenters. The second-order valence-corrected chi connectivity index (χ2v) is 7.93. The normalized spacial score (nSPS) is 16.0. The first kappa shape index (κ1) is 19.6. The molecule has 0 fully saturated rings. The van der Waals surface area contributed by atoms with Crippen molar-refractivity contribution in [3.8, 4) is 0 Å². The summed E-state index contributed by atoms with van der Waals surface area (Å²) in [6, 6.07) is 9.35. The van der Waals surface area contributed by atoms with Gasteiger partial charge in [0.2, 0.25) is 0 Å². The first-order valence-corrected chi connectivity index (χ1v) is 9.99. The van der Waals surface area contributed by atoms with Crippen LogP contribution in [0.15, 0.2) is 42.6 Å². The van der Waals surface area contributed by atoms with E-state index >= 15 is 0 Å². The number of alkyl halides is 2. The average molecular weight is 443 g/mol. The number of nitrogens with zero attached hydrogens (tertiary/aromatic N) is 5. The molecule has 158 valence electrons. The van der Waals surface area contributed by atoms with E-state index in [-0.39, 0.29) is 11.5 Å². The summed E-state index contributed by atoms with van der Waals surface area (Å²) in [5.74, 6) is -0.209. The molecule has 0 spiro atoms. The number of fused-ring (bicyclic) bond motifs is 2. The van der Waals surface area contributed by atoms with E-state index in [2.05, 4.69) is 20.5 Å². The molecule has 5 rings (SSSR count). The van der Waals surface area contributed by atoms with Crippen molar-refractivity contribution < 1.29 is 13.6 Å². The fraction of sp³-hybridized carbons (Fsp3) is 0.238. The smallest absolute Gasteiger partial charge is 0.263 e. The van der Waals surface area contributed by atoms with Crippen LogP contribution in [0.3, 0.4) is 0 Å². The Bertz CT molecular complexity index is 1280. The maximum Gasteiger partial charge on any atom is 0.263 e. The molecule has 0 aliphatic carbocycles. The van der Waals surface area contributed by atoms with Crippen LogP contribution in [-0.2, 0) is 20.0 Å². The molecule has 0 bridgehead atoms. The van der Waals surface area contributed by atoms with E-state index in [1.54, 1.807) is 16.6 Å². The van der Waals surface area contributed by atoms with E-state index in [1.165, 1.54) is 24.4 Å². The van der Waals surface area contributed by atoms with E-state index in [9.17, 15) is 13.6 Å². The molecule has 0 saturated carbocycles. The lowest BCUT2D eigenvalue weighted by molar-refractivity contribution is 0.0708. The van der Waals surface area contributed by atoms with E-state index in [1.807, 2.05) is 18.2 Å². The number of hydrogen-bond donors (Lipinski definition) is 1. The molecule has 0 radical (unpaired) electrons. The summed E-state index contributed by atoms with van der Waals surface area (Å²) in [6.45, 7) is 0.292. The number of benzene rings is 2. The van der Waals surface area contributed by atoms with Crippen LogP contribution in [0.25, 0.3) is 11.0 Å². The largest absolute Gasteiger partial charge is 0.327 e. The zero-order chi connectivity index (χ0) is 21.7. The molecule has 1 aliphatic heterocycles. The van der Waals surface area contributed by atoms with Crippen LogP contribution in [-0.4, -0.2) is 36.0 Å². The van der Waals surface area contributed by atoms with Gasteiger partial charge in [0.05, 0.1) is 28.5 Å². The number of H-pyrrole nitrogens is 1. The molecule has 2 aromatic carbocycles. The van der Waals surface area contributed by atoms with Gasteiger partial charge in [-0.3, -0.25) is 14.6 Å². The van der Waals surface area contributed by atoms with E-state index in [0.29, 0.717) is 34.6 Å². The molecule has 7 nitrogen and oxygen atoms in total. The van der Waals surface area contributed by atoms with Gasteiger partial charge < -0.3 is 4.90 Å². The Morgan fingerprint density at radius 2 is 2.06 bits per heavy atom. The van der Waals surface area contributed by atoms with Crippen molar-refractivity contribution in [2.24, 2.45) is 7.05 Å². The third-order valence-electron chi connectivity index (χ3n) is 5.69. The van der Waals surface area contributed by atoms with Crippen molar-refractivity contribution in [3.63, 3.8) is 0 Å². The second kappa shape index (κ2) is 7.42. The minimum atomic E-state index is -2.62. The van der Waals surface area contributed by atoms with Crippen LogP contribution in [0.5, 0.6) is 0 Å². The number of rotatable bonds is 5. The summed E-state index contributed by atoms with van der Waals surface area (Å²) in [5, 5.41) is 15.2. The molecule has 1 amide bonds. The van der Waals surface area contributed by atoms with Crippen molar-refractivity contribution in [1.29, 1.82) is 0 Å². The number of carbonyl (C=O) groups is 1. The maximum absolute atomic E-state index is 13.4. The van der Waals surface area contributed by atoms with E-state index in [0.717, 1.165) is 16.8 Å². The minimum absolute atomic E-state index is 0.112. The number of hydrogen-bond acceptors (Lipinski definition) is 4. The van der Waals surface area contributed by atoms with Gasteiger partial charge in [0.25, 0.3) is 12.3 Å². The van der Waals surface area contributed by atoms with Crippen LogP contribution in [0.1, 0.15) is 45.2 Å². The molecule has 3 heterocycles.